The van der Waals surface area contributed by atoms with Crippen LogP contribution in [0, 0.1) is 26.7 Å². The van der Waals surface area contributed by atoms with E-state index < -0.39 is 6.17 Å². The Morgan fingerprint density at radius 2 is 1.92 bits per heavy atom. The van der Waals surface area contributed by atoms with Crippen molar-refractivity contribution in [3.05, 3.63) is 63.9 Å². The van der Waals surface area contributed by atoms with E-state index in [1.165, 1.54) is 18.6 Å². The van der Waals surface area contributed by atoms with Crippen molar-refractivity contribution in [1.29, 1.82) is 0 Å². The summed E-state index contributed by atoms with van der Waals surface area (Å²) >= 11 is 0. The Balaban J connectivity index is 2.34. The van der Waals surface area contributed by atoms with Gasteiger partial charge in [-0.15, -0.1) is 0 Å². The average molecular weight is 356 g/mol. The number of ether oxygens (including phenoxy) is 1. The lowest BCUT2D eigenvalue weighted by Gasteiger charge is -2.14. The number of alkyl halides is 1. The summed E-state index contributed by atoms with van der Waals surface area (Å²) in [5, 5.41) is 0. The molecule has 1 aliphatic carbocycles. The number of ketones is 1. The van der Waals surface area contributed by atoms with Gasteiger partial charge in [-0.05, 0) is 57.7 Å². The molecule has 2 unspecified atom stereocenters. The Morgan fingerprint density at radius 3 is 2.42 bits per heavy atom. The van der Waals surface area contributed by atoms with Crippen LogP contribution in [0.2, 0.25) is 0 Å². The number of halogens is 1. The maximum Gasteiger partial charge on any atom is 0.170 e. The number of benzene rings is 1. The molecule has 0 heterocycles. The predicted octanol–water partition coefficient (Wildman–Crippen LogP) is 5.81. The zero-order chi connectivity index (χ0) is 19.4. The average Bonchev–Trinajstić information content (AvgIpc) is 2.86. The van der Waals surface area contributed by atoms with Gasteiger partial charge in [0.1, 0.15) is 11.9 Å². The molecule has 2 nitrogen and oxygen atoms in total. The highest BCUT2D eigenvalue weighted by atomic mass is 19.1. The molecule has 0 saturated carbocycles. The summed E-state index contributed by atoms with van der Waals surface area (Å²) in [6, 6.07) is 4.21. The summed E-state index contributed by atoms with van der Waals surface area (Å²) in [4.78, 5) is 13.2. The first-order chi connectivity index (χ1) is 12.3. The summed E-state index contributed by atoms with van der Waals surface area (Å²) < 4.78 is 18.7. The second-order valence-corrected chi connectivity index (χ2v) is 7.15. The van der Waals surface area contributed by atoms with E-state index in [2.05, 4.69) is 19.1 Å². The highest BCUT2D eigenvalue weighted by molar-refractivity contribution is 6.25. The molecule has 0 bridgehead atoms. The number of hydrogen-bond donors (Lipinski definition) is 0. The highest BCUT2D eigenvalue weighted by Gasteiger charge is 2.36. The van der Waals surface area contributed by atoms with E-state index in [4.69, 9.17) is 4.74 Å². The van der Waals surface area contributed by atoms with Crippen molar-refractivity contribution < 1.29 is 13.9 Å². The van der Waals surface area contributed by atoms with Gasteiger partial charge in [0.15, 0.2) is 5.78 Å². The third-order valence-electron chi connectivity index (χ3n) is 4.93. The molecule has 1 aromatic rings. The van der Waals surface area contributed by atoms with E-state index in [1.54, 1.807) is 13.2 Å². The van der Waals surface area contributed by atoms with Gasteiger partial charge in [0.2, 0.25) is 0 Å². The zero-order valence-corrected chi connectivity index (χ0v) is 16.7. The molecule has 1 aromatic carbocycles. The molecule has 0 radical (unpaired) electrons. The Kier molecular flexibility index (Phi) is 6.57. The van der Waals surface area contributed by atoms with Crippen molar-refractivity contribution in [1.82, 2.24) is 0 Å². The number of aryl methyl sites for hydroxylation is 3. The van der Waals surface area contributed by atoms with E-state index in [0.29, 0.717) is 18.4 Å². The lowest BCUT2D eigenvalue weighted by atomic mass is 9.89. The maximum absolute atomic E-state index is 13.2. The maximum atomic E-state index is 13.2. The van der Waals surface area contributed by atoms with E-state index in [1.807, 2.05) is 26.8 Å². The van der Waals surface area contributed by atoms with Crippen molar-refractivity contribution >= 4 is 11.4 Å². The fourth-order valence-corrected chi connectivity index (χ4v) is 3.77. The number of carbonyl (C=O) groups is 1. The molecule has 26 heavy (non-hydrogen) atoms. The van der Waals surface area contributed by atoms with Gasteiger partial charge in [0.25, 0.3) is 0 Å². The van der Waals surface area contributed by atoms with Crippen LogP contribution < -0.4 is 0 Å². The van der Waals surface area contributed by atoms with Crippen LogP contribution in [0.3, 0.4) is 0 Å². The van der Waals surface area contributed by atoms with Gasteiger partial charge in [0, 0.05) is 12.3 Å². The van der Waals surface area contributed by atoms with Crippen molar-refractivity contribution in [3.8, 4) is 0 Å². The Labute approximate surface area is 156 Å². The first-order valence-electron chi connectivity index (χ1n) is 9.15. The second kappa shape index (κ2) is 8.48. The second-order valence-electron chi connectivity index (χ2n) is 7.15. The fraction of sp³-hybridized carbons (Fsp3) is 0.435. The lowest BCUT2D eigenvalue weighted by Crippen LogP contribution is -2.12. The molecule has 0 aliphatic heterocycles. The topological polar surface area (TPSA) is 26.3 Å². The van der Waals surface area contributed by atoms with Crippen LogP contribution in [0.5, 0.6) is 0 Å². The molecule has 0 amide bonds. The monoisotopic (exact) mass is 356 g/mol. The smallest absolute Gasteiger partial charge is 0.170 e. The van der Waals surface area contributed by atoms with Crippen molar-refractivity contribution in [2.45, 2.75) is 53.6 Å². The lowest BCUT2D eigenvalue weighted by molar-refractivity contribution is -0.116. The first kappa shape index (κ1) is 20.2. The Bertz CT molecular complexity index is 758. The zero-order valence-electron chi connectivity index (χ0n) is 16.7. The van der Waals surface area contributed by atoms with Crippen LogP contribution in [-0.2, 0) is 9.53 Å². The van der Waals surface area contributed by atoms with Crippen molar-refractivity contribution in [3.63, 3.8) is 0 Å². The minimum atomic E-state index is -0.995. The number of allylic oxidation sites excluding steroid dienone is 6. The van der Waals surface area contributed by atoms with E-state index in [0.717, 1.165) is 28.0 Å². The molecule has 1 aliphatic rings. The molecule has 0 N–H and O–H groups in total. The Morgan fingerprint density at radius 1 is 1.31 bits per heavy atom. The highest BCUT2D eigenvalue weighted by Crippen LogP contribution is 2.40. The molecule has 3 heteroatoms. The van der Waals surface area contributed by atoms with Gasteiger partial charge in [-0.1, -0.05) is 41.5 Å². The molecule has 0 spiro atoms. The number of methoxy groups -OCH3 is 1. The largest absolute Gasteiger partial charge is 0.500 e. The molecule has 140 valence electrons. The molecule has 2 atom stereocenters. The van der Waals surface area contributed by atoms with E-state index >= 15 is 0 Å². The van der Waals surface area contributed by atoms with E-state index in [9.17, 15) is 9.18 Å². The summed E-state index contributed by atoms with van der Waals surface area (Å²) in [5.41, 5.74) is 6.06. The summed E-state index contributed by atoms with van der Waals surface area (Å²) in [5.74, 6) is 0.720. The molecule has 0 aromatic heterocycles. The normalized spacial score (nSPS) is 19.6. The molecule has 2 rings (SSSR count). The van der Waals surface area contributed by atoms with Crippen molar-refractivity contribution in [2.75, 3.05) is 7.11 Å². The summed E-state index contributed by atoms with van der Waals surface area (Å²) in [6.07, 6.45) is 5.44. The third kappa shape index (κ3) is 4.32. The predicted molar refractivity (Wildman–Crippen MR) is 106 cm³/mol. The van der Waals surface area contributed by atoms with Gasteiger partial charge < -0.3 is 4.74 Å². The van der Waals surface area contributed by atoms with Gasteiger partial charge >= 0.3 is 0 Å². The molecular weight excluding hydrogens is 327 g/mol. The van der Waals surface area contributed by atoms with Crippen LogP contribution >= 0.6 is 0 Å². The third-order valence-corrected chi connectivity index (χ3v) is 4.93. The van der Waals surface area contributed by atoms with Crippen LogP contribution in [0.4, 0.5) is 4.39 Å². The van der Waals surface area contributed by atoms with Gasteiger partial charge in [0.05, 0.1) is 12.7 Å². The fourth-order valence-electron chi connectivity index (χ4n) is 3.77. The van der Waals surface area contributed by atoms with E-state index in [-0.39, 0.29) is 11.7 Å². The first-order valence-corrected chi connectivity index (χ1v) is 9.15. The standard InChI is InChI=1S/C23H29FO2/c1-7-18(9-8-17(5)24)12-19-13-20(26-6)22(23(19)25)21-15(3)10-14(2)11-16(21)4/h7-11,17,19H,12-13H2,1-6H3. The minimum Gasteiger partial charge on any atom is -0.500 e. The SMILES string of the molecule is CC=C(C=CC(C)F)CC1CC(OC)=C(c2c(C)cc(C)cc2C)C1=O. The number of carbonyl (C=O) groups excluding carboxylic acids is 1. The van der Waals surface area contributed by atoms with Crippen molar-refractivity contribution in [2.24, 2.45) is 5.92 Å². The van der Waals surface area contributed by atoms with Gasteiger partial charge in [-0.2, -0.15) is 0 Å². The van der Waals surface area contributed by atoms with Crippen LogP contribution in [0.25, 0.3) is 5.57 Å². The minimum absolute atomic E-state index is 0.123. The number of Topliss-reactive ketones (excluding diaryl/α,β-unsaturated/α-hetero) is 1. The van der Waals surface area contributed by atoms with Gasteiger partial charge in [-0.25, -0.2) is 4.39 Å². The van der Waals surface area contributed by atoms with Crippen LogP contribution in [0.15, 0.2) is 41.7 Å². The molecular formula is C23H29FO2. The quantitative estimate of drug-likeness (QED) is 0.601. The number of rotatable bonds is 6. The summed E-state index contributed by atoms with van der Waals surface area (Å²) in [7, 11) is 1.63. The van der Waals surface area contributed by atoms with Gasteiger partial charge in [-0.3, -0.25) is 4.79 Å². The number of hydrogen-bond acceptors (Lipinski definition) is 2. The Hall–Kier alpha value is -2.16. The summed E-state index contributed by atoms with van der Waals surface area (Å²) in [6.45, 7) is 9.56. The van der Waals surface area contributed by atoms with Crippen LogP contribution in [0.1, 0.15) is 48.9 Å². The van der Waals surface area contributed by atoms with Crippen LogP contribution in [-0.4, -0.2) is 19.1 Å². The molecule has 0 fully saturated rings. The molecule has 0 saturated heterocycles.